The highest BCUT2D eigenvalue weighted by Gasteiger charge is 2.28. The number of aliphatic hydroxyl groups is 1. The van der Waals surface area contributed by atoms with E-state index in [0.29, 0.717) is 17.6 Å². The van der Waals surface area contributed by atoms with Gasteiger partial charge in [0.25, 0.3) is 5.91 Å². The van der Waals surface area contributed by atoms with Crippen LogP contribution < -0.4 is 5.32 Å². The van der Waals surface area contributed by atoms with E-state index < -0.39 is 6.10 Å². The van der Waals surface area contributed by atoms with E-state index in [1.807, 2.05) is 37.8 Å². The second-order valence-electron chi connectivity index (χ2n) is 8.22. The number of nitrogens with zero attached hydrogens (tertiary/aromatic N) is 4. The first-order valence-electron chi connectivity index (χ1n) is 10.6. The Labute approximate surface area is 180 Å². The van der Waals surface area contributed by atoms with Gasteiger partial charge in [-0.2, -0.15) is 5.10 Å². The summed E-state index contributed by atoms with van der Waals surface area (Å²) >= 11 is 0. The van der Waals surface area contributed by atoms with Crippen LogP contribution in [-0.4, -0.2) is 42.5 Å². The lowest BCUT2D eigenvalue weighted by Crippen LogP contribution is -2.39. The summed E-state index contributed by atoms with van der Waals surface area (Å²) in [7, 11) is 1.91. The van der Waals surface area contributed by atoms with Crippen molar-refractivity contribution in [3.63, 3.8) is 0 Å². The number of carbonyl (C=O) groups is 1. The number of aromatic nitrogens is 4. The van der Waals surface area contributed by atoms with Crippen molar-refractivity contribution in [2.75, 3.05) is 0 Å². The number of pyridine rings is 1. The van der Waals surface area contributed by atoms with Gasteiger partial charge in [0.1, 0.15) is 5.52 Å². The predicted octanol–water partition coefficient (Wildman–Crippen LogP) is 3.13. The zero-order valence-electron chi connectivity index (χ0n) is 17.4. The molecule has 3 heterocycles. The van der Waals surface area contributed by atoms with Crippen molar-refractivity contribution >= 4 is 16.9 Å². The van der Waals surface area contributed by atoms with Crippen molar-refractivity contribution < 1.29 is 9.90 Å². The minimum absolute atomic E-state index is 0.180. The molecule has 1 aromatic carbocycles. The van der Waals surface area contributed by atoms with E-state index >= 15 is 0 Å². The zero-order valence-corrected chi connectivity index (χ0v) is 17.4. The first-order chi connectivity index (χ1) is 15.1. The van der Waals surface area contributed by atoms with Gasteiger partial charge < -0.3 is 15.0 Å². The van der Waals surface area contributed by atoms with Gasteiger partial charge in [-0.3, -0.25) is 14.5 Å². The summed E-state index contributed by atoms with van der Waals surface area (Å²) in [6.45, 7) is 0.634. The molecule has 31 heavy (non-hydrogen) atoms. The van der Waals surface area contributed by atoms with Crippen molar-refractivity contribution in [1.29, 1.82) is 0 Å². The number of nitrogens with one attached hydrogen (secondary N) is 1. The Morgan fingerprint density at radius 2 is 2.00 bits per heavy atom. The molecular weight excluding hydrogens is 390 g/mol. The first-order valence-corrected chi connectivity index (χ1v) is 10.6. The monoisotopic (exact) mass is 415 g/mol. The van der Waals surface area contributed by atoms with Gasteiger partial charge in [0.2, 0.25) is 0 Å². The van der Waals surface area contributed by atoms with E-state index in [4.69, 9.17) is 0 Å². The summed E-state index contributed by atoms with van der Waals surface area (Å²) < 4.78 is 3.85. The van der Waals surface area contributed by atoms with E-state index in [0.717, 1.165) is 41.5 Å². The number of hydrogen-bond acceptors (Lipinski definition) is 4. The summed E-state index contributed by atoms with van der Waals surface area (Å²) in [5.74, 6) is -0.180. The fourth-order valence-corrected chi connectivity index (χ4v) is 4.34. The van der Waals surface area contributed by atoms with Gasteiger partial charge in [-0.1, -0.05) is 24.3 Å². The summed E-state index contributed by atoms with van der Waals surface area (Å²) in [6, 6.07) is 12.0. The highest BCUT2D eigenvalue weighted by molar-refractivity contribution is 6.05. The highest BCUT2D eigenvalue weighted by Crippen LogP contribution is 2.24. The second kappa shape index (κ2) is 8.00. The minimum Gasteiger partial charge on any atom is -0.391 e. The van der Waals surface area contributed by atoms with Crippen LogP contribution in [0.3, 0.4) is 0 Å². The number of benzene rings is 1. The molecular formula is C24H25N5O2. The van der Waals surface area contributed by atoms with Crippen LogP contribution in [-0.2, 0) is 13.6 Å². The van der Waals surface area contributed by atoms with Crippen molar-refractivity contribution in [2.24, 2.45) is 7.05 Å². The molecule has 1 fully saturated rings. The van der Waals surface area contributed by atoms with E-state index in [1.54, 1.807) is 10.9 Å². The molecule has 3 aromatic heterocycles. The molecule has 158 valence electrons. The number of rotatable bonds is 5. The molecule has 4 aromatic rings. The molecule has 5 rings (SSSR count). The van der Waals surface area contributed by atoms with Gasteiger partial charge in [0, 0.05) is 37.7 Å². The van der Waals surface area contributed by atoms with Gasteiger partial charge >= 0.3 is 0 Å². The largest absolute Gasteiger partial charge is 0.391 e. The normalized spacial score (nSPS) is 18.5. The molecule has 7 heteroatoms. The number of fused-ring (bicyclic) bond motifs is 1. The van der Waals surface area contributed by atoms with E-state index in [1.165, 1.54) is 0 Å². The average molecular weight is 415 g/mol. The Bertz CT molecular complexity index is 1220. The lowest BCUT2D eigenvalue weighted by Gasteiger charge is -2.15. The predicted molar refractivity (Wildman–Crippen MR) is 119 cm³/mol. The molecule has 1 saturated carbocycles. The molecule has 0 saturated heterocycles. The molecule has 0 unspecified atom stereocenters. The third-order valence-corrected chi connectivity index (χ3v) is 6.02. The molecule has 7 nitrogen and oxygen atoms in total. The van der Waals surface area contributed by atoms with Crippen LogP contribution in [0.4, 0.5) is 0 Å². The topological polar surface area (TPSA) is 85.0 Å². The third-order valence-electron chi connectivity index (χ3n) is 6.02. The lowest BCUT2D eigenvalue weighted by atomic mass is 10.1. The second-order valence-corrected chi connectivity index (χ2v) is 8.22. The molecule has 0 aliphatic heterocycles. The van der Waals surface area contributed by atoms with Crippen molar-refractivity contribution in [2.45, 2.75) is 38.0 Å². The van der Waals surface area contributed by atoms with Crippen LogP contribution in [0.2, 0.25) is 0 Å². The summed E-state index contributed by atoms with van der Waals surface area (Å²) in [4.78, 5) is 17.4. The maximum absolute atomic E-state index is 12.9. The fourth-order valence-electron chi connectivity index (χ4n) is 4.34. The standard InChI is InChI=1S/C24H25N5O2/c1-28-14-18(12-26-28)17-9-7-16(8-10-17)13-29-15-19(23-21(29)5-3-11-25-23)24(31)27-20-4-2-6-22(20)30/h3,5,7-12,14-15,20,22,30H,2,4,6,13H2,1H3,(H,27,31)/t20-,22-/m0/s1. The van der Waals surface area contributed by atoms with Gasteiger partial charge in [-0.15, -0.1) is 0 Å². The molecule has 0 radical (unpaired) electrons. The maximum atomic E-state index is 12.9. The first kappa shape index (κ1) is 19.5. The molecule has 1 aliphatic rings. The number of aliphatic hydroxyl groups excluding tert-OH is 1. The highest BCUT2D eigenvalue weighted by atomic mass is 16.3. The third kappa shape index (κ3) is 3.84. The van der Waals surface area contributed by atoms with Gasteiger partial charge in [-0.25, -0.2) is 0 Å². The average Bonchev–Trinajstić information content (AvgIpc) is 3.48. The Morgan fingerprint density at radius 1 is 1.16 bits per heavy atom. The minimum atomic E-state index is -0.469. The van der Waals surface area contributed by atoms with Crippen molar-refractivity contribution in [3.8, 4) is 11.1 Å². The summed E-state index contributed by atoms with van der Waals surface area (Å²) in [5, 5.41) is 17.3. The SMILES string of the molecule is Cn1cc(-c2ccc(Cn3cc(C(=O)N[C@H]4CCC[C@@H]4O)c4ncccc43)cc2)cn1. The number of amides is 1. The lowest BCUT2D eigenvalue weighted by molar-refractivity contribution is 0.0874. The van der Waals surface area contributed by atoms with Crippen LogP contribution in [0.15, 0.2) is 61.2 Å². The molecule has 2 N–H and O–H groups in total. The smallest absolute Gasteiger partial charge is 0.255 e. The van der Waals surface area contributed by atoms with Gasteiger partial charge in [0.15, 0.2) is 0 Å². The molecule has 2 atom stereocenters. The summed E-state index contributed by atoms with van der Waals surface area (Å²) in [5.41, 5.74) is 5.47. The molecule has 1 aliphatic carbocycles. The molecule has 0 spiro atoms. The Balaban J connectivity index is 1.40. The van der Waals surface area contributed by atoms with E-state index in [-0.39, 0.29) is 11.9 Å². The molecule has 1 amide bonds. The van der Waals surface area contributed by atoms with E-state index in [2.05, 4.69) is 44.2 Å². The fraction of sp³-hybridized carbons (Fsp3) is 0.292. The van der Waals surface area contributed by atoms with E-state index in [9.17, 15) is 9.90 Å². The number of carbonyl (C=O) groups excluding carboxylic acids is 1. The van der Waals surface area contributed by atoms with Crippen LogP contribution in [0.25, 0.3) is 22.2 Å². The maximum Gasteiger partial charge on any atom is 0.255 e. The molecule has 0 bridgehead atoms. The van der Waals surface area contributed by atoms with Crippen molar-refractivity contribution in [1.82, 2.24) is 24.6 Å². The van der Waals surface area contributed by atoms with Gasteiger partial charge in [-0.05, 0) is 42.5 Å². The Morgan fingerprint density at radius 3 is 2.71 bits per heavy atom. The van der Waals surface area contributed by atoms with Crippen LogP contribution in [0.5, 0.6) is 0 Å². The van der Waals surface area contributed by atoms with Crippen molar-refractivity contribution in [3.05, 3.63) is 72.3 Å². The Hall–Kier alpha value is -3.45. The quantitative estimate of drug-likeness (QED) is 0.524. The van der Waals surface area contributed by atoms with Crippen LogP contribution >= 0.6 is 0 Å². The zero-order chi connectivity index (χ0) is 21.4. The number of hydrogen-bond donors (Lipinski definition) is 2. The summed E-state index contributed by atoms with van der Waals surface area (Å²) in [6.07, 6.45) is 9.42. The van der Waals surface area contributed by atoms with Crippen LogP contribution in [0, 0.1) is 0 Å². The number of aryl methyl sites for hydroxylation is 1. The van der Waals surface area contributed by atoms with Gasteiger partial charge in [0.05, 0.1) is 29.4 Å². The Kier molecular flexibility index (Phi) is 5.03. The van der Waals surface area contributed by atoms with Crippen LogP contribution in [0.1, 0.15) is 35.2 Å².